The molecule has 3 nitrogen and oxygen atoms in total. The maximum atomic E-state index is 12.9. The van der Waals surface area contributed by atoms with Crippen molar-refractivity contribution in [1.82, 2.24) is 0 Å². The van der Waals surface area contributed by atoms with Gasteiger partial charge in [0.1, 0.15) is 5.75 Å². The second kappa shape index (κ2) is 6.19. The SMILES string of the molecule is O=C1c2ccccc2OC(Cc2ccccc2)(c2ccccc2)C1O. The molecule has 0 aliphatic carbocycles. The van der Waals surface area contributed by atoms with Crippen LogP contribution in [-0.4, -0.2) is 17.0 Å². The van der Waals surface area contributed by atoms with Crippen molar-refractivity contribution in [3.63, 3.8) is 0 Å². The van der Waals surface area contributed by atoms with Gasteiger partial charge in [0.25, 0.3) is 0 Å². The van der Waals surface area contributed by atoms with Crippen molar-refractivity contribution in [2.75, 3.05) is 0 Å². The van der Waals surface area contributed by atoms with Crippen LogP contribution in [0.2, 0.25) is 0 Å². The predicted molar refractivity (Wildman–Crippen MR) is 95.7 cm³/mol. The minimum atomic E-state index is -1.27. The highest BCUT2D eigenvalue weighted by Crippen LogP contribution is 2.42. The third-order valence-electron chi connectivity index (χ3n) is 4.71. The van der Waals surface area contributed by atoms with Crippen molar-refractivity contribution in [2.24, 2.45) is 0 Å². The Morgan fingerprint density at radius 2 is 1.44 bits per heavy atom. The molecule has 0 amide bonds. The first-order valence-corrected chi connectivity index (χ1v) is 8.30. The number of aliphatic hydroxyl groups excluding tert-OH is 1. The van der Waals surface area contributed by atoms with Crippen molar-refractivity contribution < 1.29 is 14.6 Å². The standard InChI is InChI=1S/C22H18O3/c23-20-18-13-7-8-14-19(18)25-22(21(20)24,17-11-5-2-6-12-17)15-16-9-3-1-4-10-16/h1-14,21,24H,15H2. The molecule has 1 N–H and O–H groups in total. The predicted octanol–water partition coefficient (Wildman–Crippen LogP) is 3.76. The average molecular weight is 330 g/mol. The Morgan fingerprint density at radius 3 is 2.16 bits per heavy atom. The highest BCUT2D eigenvalue weighted by atomic mass is 16.5. The van der Waals surface area contributed by atoms with E-state index in [1.165, 1.54) is 0 Å². The third kappa shape index (κ3) is 2.63. The van der Waals surface area contributed by atoms with Gasteiger partial charge in [-0.3, -0.25) is 4.79 Å². The quantitative estimate of drug-likeness (QED) is 0.795. The minimum absolute atomic E-state index is 0.304. The van der Waals surface area contributed by atoms with Crippen LogP contribution in [-0.2, 0) is 12.0 Å². The zero-order chi connectivity index (χ0) is 17.3. The summed E-state index contributed by atoms with van der Waals surface area (Å²) in [4.78, 5) is 12.9. The van der Waals surface area contributed by atoms with E-state index in [1.54, 1.807) is 18.2 Å². The van der Waals surface area contributed by atoms with Crippen LogP contribution >= 0.6 is 0 Å². The number of benzene rings is 3. The van der Waals surface area contributed by atoms with Crippen LogP contribution in [0.4, 0.5) is 0 Å². The molecule has 124 valence electrons. The second-order valence-electron chi connectivity index (χ2n) is 6.28. The van der Waals surface area contributed by atoms with E-state index >= 15 is 0 Å². The van der Waals surface area contributed by atoms with Crippen LogP contribution in [0, 0.1) is 0 Å². The fourth-order valence-electron chi connectivity index (χ4n) is 3.44. The van der Waals surface area contributed by atoms with Gasteiger partial charge < -0.3 is 9.84 Å². The number of ether oxygens (including phenoxy) is 1. The summed E-state index contributed by atoms with van der Waals surface area (Å²) in [7, 11) is 0. The monoisotopic (exact) mass is 330 g/mol. The normalized spacial score (nSPS) is 22.1. The number of ketones is 1. The molecule has 1 aliphatic heterocycles. The molecule has 0 radical (unpaired) electrons. The lowest BCUT2D eigenvalue weighted by Crippen LogP contribution is -2.53. The van der Waals surface area contributed by atoms with E-state index in [-0.39, 0.29) is 5.78 Å². The Hall–Kier alpha value is -2.91. The molecule has 3 heteroatoms. The number of carbonyl (C=O) groups is 1. The van der Waals surface area contributed by atoms with Crippen molar-refractivity contribution in [3.05, 3.63) is 102 Å². The highest BCUT2D eigenvalue weighted by molar-refractivity contribution is 6.03. The summed E-state index contributed by atoms with van der Waals surface area (Å²) in [6, 6.07) is 26.4. The van der Waals surface area contributed by atoms with Gasteiger partial charge in [0.15, 0.2) is 17.5 Å². The van der Waals surface area contributed by atoms with Crippen LogP contribution in [0.25, 0.3) is 0 Å². The minimum Gasteiger partial charge on any atom is -0.478 e. The van der Waals surface area contributed by atoms with Crippen LogP contribution < -0.4 is 4.74 Å². The maximum absolute atomic E-state index is 12.9. The number of rotatable bonds is 3. The molecule has 0 bridgehead atoms. The molecule has 2 unspecified atom stereocenters. The molecule has 0 spiro atoms. The van der Waals surface area contributed by atoms with E-state index < -0.39 is 11.7 Å². The summed E-state index contributed by atoms with van der Waals surface area (Å²) in [5.41, 5.74) is 1.06. The molecule has 3 aromatic carbocycles. The largest absolute Gasteiger partial charge is 0.478 e. The Labute approximate surface area is 146 Å². The zero-order valence-corrected chi connectivity index (χ0v) is 13.6. The molecular weight excluding hydrogens is 312 g/mol. The molecular formula is C22H18O3. The van der Waals surface area contributed by atoms with E-state index in [9.17, 15) is 9.90 Å². The topological polar surface area (TPSA) is 46.5 Å². The van der Waals surface area contributed by atoms with Crippen LogP contribution in [0.1, 0.15) is 21.5 Å². The third-order valence-corrected chi connectivity index (χ3v) is 4.71. The zero-order valence-electron chi connectivity index (χ0n) is 13.6. The molecule has 0 aromatic heterocycles. The van der Waals surface area contributed by atoms with E-state index in [1.807, 2.05) is 66.7 Å². The summed E-state index contributed by atoms with van der Waals surface area (Å²) in [5, 5.41) is 11.0. The summed E-state index contributed by atoms with van der Waals surface area (Å²) < 4.78 is 6.32. The molecule has 2 atom stereocenters. The first kappa shape index (κ1) is 15.6. The van der Waals surface area contributed by atoms with E-state index in [0.717, 1.165) is 11.1 Å². The lowest BCUT2D eigenvalue weighted by atomic mass is 9.77. The highest BCUT2D eigenvalue weighted by Gasteiger charge is 2.50. The number of para-hydroxylation sites is 1. The van der Waals surface area contributed by atoms with Crippen LogP contribution in [0.5, 0.6) is 5.75 Å². The van der Waals surface area contributed by atoms with Crippen molar-refractivity contribution in [3.8, 4) is 5.75 Å². The Morgan fingerprint density at radius 1 is 0.840 bits per heavy atom. The Kier molecular flexibility index (Phi) is 3.86. The summed E-state index contributed by atoms with van der Waals surface area (Å²) >= 11 is 0. The molecule has 1 heterocycles. The average Bonchev–Trinajstić information content (AvgIpc) is 2.67. The smallest absolute Gasteiger partial charge is 0.199 e. The molecule has 0 saturated carbocycles. The number of hydrogen-bond donors (Lipinski definition) is 1. The van der Waals surface area contributed by atoms with E-state index in [2.05, 4.69) is 0 Å². The number of carbonyl (C=O) groups excluding carboxylic acids is 1. The Balaban J connectivity index is 1.88. The van der Waals surface area contributed by atoms with Gasteiger partial charge >= 0.3 is 0 Å². The van der Waals surface area contributed by atoms with Gasteiger partial charge in [0.2, 0.25) is 0 Å². The molecule has 4 rings (SSSR count). The van der Waals surface area contributed by atoms with Crippen molar-refractivity contribution >= 4 is 5.78 Å². The van der Waals surface area contributed by atoms with Gasteiger partial charge in [-0.1, -0.05) is 72.8 Å². The Bertz CT molecular complexity index is 889. The maximum Gasteiger partial charge on any atom is 0.199 e. The van der Waals surface area contributed by atoms with Gasteiger partial charge in [0, 0.05) is 6.42 Å². The molecule has 0 saturated heterocycles. The van der Waals surface area contributed by atoms with Gasteiger partial charge in [-0.05, 0) is 23.3 Å². The van der Waals surface area contributed by atoms with Crippen molar-refractivity contribution in [1.29, 1.82) is 0 Å². The van der Waals surface area contributed by atoms with Gasteiger partial charge in [-0.25, -0.2) is 0 Å². The summed E-state index contributed by atoms with van der Waals surface area (Å²) in [6.45, 7) is 0. The van der Waals surface area contributed by atoms with Gasteiger partial charge in [0.05, 0.1) is 5.56 Å². The number of fused-ring (bicyclic) bond motifs is 1. The second-order valence-corrected chi connectivity index (χ2v) is 6.28. The van der Waals surface area contributed by atoms with E-state index in [4.69, 9.17) is 4.74 Å². The van der Waals surface area contributed by atoms with Crippen LogP contribution in [0.3, 0.4) is 0 Å². The van der Waals surface area contributed by atoms with Gasteiger partial charge in [-0.2, -0.15) is 0 Å². The molecule has 25 heavy (non-hydrogen) atoms. The van der Waals surface area contributed by atoms with Gasteiger partial charge in [-0.15, -0.1) is 0 Å². The fourth-order valence-corrected chi connectivity index (χ4v) is 3.44. The van der Waals surface area contributed by atoms with Crippen LogP contribution in [0.15, 0.2) is 84.9 Å². The number of hydrogen-bond acceptors (Lipinski definition) is 3. The summed E-state index contributed by atoms with van der Waals surface area (Å²) in [5.74, 6) is 0.208. The van der Waals surface area contributed by atoms with E-state index in [0.29, 0.717) is 17.7 Å². The molecule has 1 aliphatic rings. The molecule has 0 fully saturated rings. The fraction of sp³-hybridized carbons (Fsp3) is 0.136. The van der Waals surface area contributed by atoms with Crippen molar-refractivity contribution in [2.45, 2.75) is 18.1 Å². The first-order chi connectivity index (χ1) is 12.2. The summed E-state index contributed by atoms with van der Waals surface area (Å²) in [6.07, 6.45) is -0.871. The molecule has 3 aromatic rings. The lowest BCUT2D eigenvalue weighted by molar-refractivity contribution is -0.0525. The number of aliphatic hydroxyl groups is 1. The lowest BCUT2D eigenvalue weighted by Gasteiger charge is -2.42. The first-order valence-electron chi connectivity index (χ1n) is 8.30. The number of Topliss-reactive ketones (excluding diaryl/α,β-unsaturated/α-hetero) is 1.